The van der Waals surface area contributed by atoms with Crippen molar-refractivity contribution in [3.8, 4) is 23.0 Å². The minimum atomic E-state index is -0.566. The number of rotatable bonds is 7. The summed E-state index contributed by atoms with van der Waals surface area (Å²) in [5, 5.41) is 17.2. The Hall–Kier alpha value is -4.96. The van der Waals surface area contributed by atoms with Gasteiger partial charge in [0.05, 0.1) is 23.6 Å². The van der Waals surface area contributed by atoms with Crippen LogP contribution in [0.1, 0.15) is 28.4 Å². The summed E-state index contributed by atoms with van der Waals surface area (Å²) in [6, 6.07) is 25.8. The summed E-state index contributed by atoms with van der Waals surface area (Å²) in [6.45, 7) is 4.01. The summed E-state index contributed by atoms with van der Waals surface area (Å²) in [5.41, 5.74) is 4.87. The average molecular weight is 477 g/mol. The van der Waals surface area contributed by atoms with E-state index in [9.17, 15) is 14.9 Å². The fourth-order valence-corrected chi connectivity index (χ4v) is 3.55. The molecule has 0 aliphatic carbocycles. The Morgan fingerprint density at radius 3 is 2.36 bits per heavy atom. The highest BCUT2D eigenvalue weighted by molar-refractivity contribution is 6.10. The Morgan fingerprint density at radius 1 is 1.03 bits per heavy atom. The Kier molecular flexibility index (Phi) is 7.37. The van der Waals surface area contributed by atoms with Gasteiger partial charge in [-0.1, -0.05) is 48.0 Å². The van der Waals surface area contributed by atoms with Gasteiger partial charge in [0.2, 0.25) is 0 Å². The van der Waals surface area contributed by atoms with Crippen LogP contribution in [0.25, 0.3) is 23.0 Å². The van der Waals surface area contributed by atoms with Crippen LogP contribution >= 0.6 is 0 Å². The lowest BCUT2D eigenvalue weighted by atomic mass is 10.0. The summed E-state index contributed by atoms with van der Waals surface area (Å²) >= 11 is 0. The number of hydrogen-bond donors (Lipinski definition) is 1. The molecule has 0 saturated heterocycles. The zero-order chi connectivity index (χ0) is 25.5. The summed E-state index contributed by atoms with van der Waals surface area (Å²) in [5.74, 6) is -1.00. The molecule has 0 atom stereocenters. The monoisotopic (exact) mass is 476 g/mol. The smallest absolute Gasteiger partial charge is 0.338 e. The number of anilines is 1. The average Bonchev–Trinajstić information content (AvgIpc) is 3.32. The van der Waals surface area contributed by atoms with E-state index in [1.165, 1.54) is 6.08 Å². The molecule has 0 spiro atoms. The second kappa shape index (κ2) is 11.0. The first kappa shape index (κ1) is 24.2. The van der Waals surface area contributed by atoms with E-state index in [-0.39, 0.29) is 12.2 Å². The highest BCUT2D eigenvalue weighted by atomic mass is 16.5. The standard InChI is InChI=1S/C29H24N4O3/c1-3-36-29(35)22-13-15-25(16-14-22)31-28(34)23(18-30)17-24-19-33(26-7-5-4-6-8-26)32-27(24)21-11-9-20(2)10-12-21/h4-17,19H,3H2,1-2H3,(H,31,34)/b23-17-. The zero-order valence-electron chi connectivity index (χ0n) is 19.9. The van der Waals surface area contributed by atoms with Crippen molar-refractivity contribution in [1.82, 2.24) is 9.78 Å². The van der Waals surface area contributed by atoms with Crippen LogP contribution in [0.4, 0.5) is 5.69 Å². The number of para-hydroxylation sites is 1. The third-order valence-electron chi connectivity index (χ3n) is 5.41. The van der Waals surface area contributed by atoms with Crippen molar-refractivity contribution >= 4 is 23.6 Å². The van der Waals surface area contributed by atoms with Crippen LogP contribution in [-0.2, 0) is 9.53 Å². The molecule has 178 valence electrons. The van der Waals surface area contributed by atoms with Gasteiger partial charge < -0.3 is 10.1 Å². The topological polar surface area (TPSA) is 97.0 Å². The molecule has 1 heterocycles. The van der Waals surface area contributed by atoms with Gasteiger partial charge in [0.1, 0.15) is 11.6 Å². The fourth-order valence-electron chi connectivity index (χ4n) is 3.55. The van der Waals surface area contributed by atoms with Gasteiger partial charge in [-0.05, 0) is 56.3 Å². The van der Waals surface area contributed by atoms with Gasteiger partial charge in [-0.25, -0.2) is 9.48 Å². The van der Waals surface area contributed by atoms with Crippen LogP contribution in [0, 0.1) is 18.3 Å². The SMILES string of the molecule is CCOC(=O)c1ccc(NC(=O)/C(C#N)=C\c2cn(-c3ccccc3)nc2-c2ccc(C)cc2)cc1. The lowest BCUT2D eigenvalue weighted by Crippen LogP contribution is -2.13. The molecule has 0 saturated carbocycles. The van der Waals surface area contributed by atoms with Crippen LogP contribution in [-0.4, -0.2) is 28.3 Å². The highest BCUT2D eigenvalue weighted by Crippen LogP contribution is 2.26. The van der Waals surface area contributed by atoms with Crippen molar-refractivity contribution in [3.05, 3.63) is 107 Å². The van der Waals surface area contributed by atoms with Gasteiger partial charge in [-0.3, -0.25) is 4.79 Å². The normalized spacial score (nSPS) is 11.0. The van der Waals surface area contributed by atoms with E-state index in [0.717, 1.165) is 16.8 Å². The predicted octanol–water partition coefficient (Wildman–Crippen LogP) is 5.57. The molecule has 4 rings (SSSR count). The van der Waals surface area contributed by atoms with Gasteiger partial charge in [0, 0.05) is 23.0 Å². The van der Waals surface area contributed by atoms with Crippen LogP contribution in [0.5, 0.6) is 0 Å². The molecule has 0 radical (unpaired) electrons. The Balaban J connectivity index is 1.65. The van der Waals surface area contributed by atoms with Crippen LogP contribution < -0.4 is 5.32 Å². The van der Waals surface area contributed by atoms with Crippen LogP contribution in [0.2, 0.25) is 0 Å². The van der Waals surface area contributed by atoms with E-state index in [1.807, 2.05) is 67.6 Å². The van der Waals surface area contributed by atoms with Crippen molar-refractivity contribution in [2.24, 2.45) is 0 Å². The molecule has 1 amide bonds. The van der Waals surface area contributed by atoms with Gasteiger partial charge in [0.15, 0.2) is 0 Å². The number of benzene rings is 3. The van der Waals surface area contributed by atoms with Gasteiger partial charge in [0.25, 0.3) is 5.91 Å². The van der Waals surface area contributed by atoms with E-state index >= 15 is 0 Å². The number of aromatic nitrogens is 2. The van der Waals surface area contributed by atoms with Crippen molar-refractivity contribution in [3.63, 3.8) is 0 Å². The lowest BCUT2D eigenvalue weighted by molar-refractivity contribution is -0.112. The van der Waals surface area contributed by atoms with Gasteiger partial charge >= 0.3 is 5.97 Å². The van der Waals surface area contributed by atoms with Crippen molar-refractivity contribution in [1.29, 1.82) is 5.26 Å². The molecule has 0 aliphatic heterocycles. The Morgan fingerprint density at radius 2 is 1.72 bits per heavy atom. The van der Waals surface area contributed by atoms with E-state index in [2.05, 4.69) is 5.32 Å². The molecule has 0 bridgehead atoms. The largest absolute Gasteiger partial charge is 0.462 e. The molecule has 7 nitrogen and oxygen atoms in total. The molecule has 0 unspecified atom stereocenters. The molecule has 0 aliphatic rings. The molecule has 36 heavy (non-hydrogen) atoms. The summed E-state index contributed by atoms with van der Waals surface area (Å²) in [4.78, 5) is 24.8. The second-order valence-corrected chi connectivity index (χ2v) is 8.00. The third-order valence-corrected chi connectivity index (χ3v) is 5.41. The van der Waals surface area contributed by atoms with Crippen LogP contribution in [0.3, 0.4) is 0 Å². The maximum absolute atomic E-state index is 12.9. The number of carbonyl (C=O) groups excluding carboxylic acids is 2. The number of nitrogens with zero attached hydrogens (tertiary/aromatic N) is 3. The minimum absolute atomic E-state index is 0.0783. The lowest BCUT2D eigenvalue weighted by Gasteiger charge is -2.06. The molecule has 7 heteroatoms. The number of esters is 1. The number of hydrogen-bond acceptors (Lipinski definition) is 5. The maximum Gasteiger partial charge on any atom is 0.338 e. The Labute approximate surface area is 209 Å². The quantitative estimate of drug-likeness (QED) is 0.214. The number of amides is 1. The number of aryl methyl sites for hydroxylation is 1. The van der Waals surface area contributed by atoms with Gasteiger partial charge in [-0.15, -0.1) is 0 Å². The molecule has 4 aromatic rings. The van der Waals surface area contributed by atoms with E-state index in [4.69, 9.17) is 9.84 Å². The van der Waals surface area contributed by atoms with Gasteiger partial charge in [-0.2, -0.15) is 10.4 Å². The number of carbonyl (C=O) groups is 2. The van der Waals surface area contributed by atoms with E-state index < -0.39 is 11.9 Å². The van der Waals surface area contributed by atoms with Crippen molar-refractivity contribution in [2.75, 3.05) is 11.9 Å². The molecular weight excluding hydrogens is 452 g/mol. The predicted molar refractivity (Wildman–Crippen MR) is 138 cm³/mol. The van der Waals surface area contributed by atoms with Crippen molar-refractivity contribution < 1.29 is 14.3 Å². The van der Waals surface area contributed by atoms with E-state index in [0.29, 0.717) is 22.5 Å². The molecular formula is C29H24N4O3. The fraction of sp³-hybridized carbons (Fsp3) is 0.103. The second-order valence-electron chi connectivity index (χ2n) is 8.00. The third kappa shape index (κ3) is 5.57. The Bertz CT molecular complexity index is 1450. The highest BCUT2D eigenvalue weighted by Gasteiger charge is 2.16. The first-order chi connectivity index (χ1) is 17.5. The molecule has 1 N–H and O–H groups in total. The molecule has 1 aromatic heterocycles. The summed E-state index contributed by atoms with van der Waals surface area (Å²) in [7, 11) is 0. The zero-order valence-corrected chi connectivity index (χ0v) is 19.9. The number of nitriles is 1. The number of ether oxygens (including phenoxy) is 1. The van der Waals surface area contributed by atoms with Crippen LogP contribution in [0.15, 0.2) is 90.6 Å². The summed E-state index contributed by atoms with van der Waals surface area (Å²) in [6.07, 6.45) is 3.33. The number of nitrogens with one attached hydrogen (secondary N) is 1. The molecule has 0 fully saturated rings. The van der Waals surface area contributed by atoms with E-state index in [1.54, 1.807) is 42.1 Å². The maximum atomic E-state index is 12.9. The minimum Gasteiger partial charge on any atom is -0.462 e. The van der Waals surface area contributed by atoms with Crippen molar-refractivity contribution in [2.45, 2.75) is 13.8 Å². The molecule has 3 aromatic carbocycles. The first-order valence-corrected chi connectivity index (χ1v) is 11.4. The first-order valence-electron chi connectivity index (χ1n) is 11.4. The summed E-state index contributed by atoms with van der Waals surface area (Å²) < 4.78 is 6.70.